The highest BCUT2D eigenvalue weighted by Gasteiger charge is 2.26. The van der Waals surface area contributed by atoms with Crippen molar-refractivity contribution < 1.29 is 0 Å². The van der Waals surface area contributed by atoms with Gasteiger partial charge in [-0.25, -0.2) is 0 Å². The van der Waals surface area contributed by atoms with Gasteiger partial charge in [0.15, 0.2) is 0 Å². The van der Waals surface area contributed by atoms with Crippen LogP contribution < -0.4 is 5.32 Å². The van der Waals surface area contributed by atoms with Gasteiger partial charge in [-0.3, -0.25) is 4.98 Å². The maximum atomic E-state index is 5.89. The number of nitrogens with one attached hydrogen (secondary N) is 1. The Kier molecular flexibility index (Phi) is 3.19. The van der Waals surface area contributed by atoms with Crippen LogP contribution in [0, 0.1) is 5.92 Å². The molecule has 13 heavy (non-hydrogen) atoms. The largest absolute Gasteiger partial charge is 0.312 e. The van der Waals surface area contributed by atoms with Crippen molar-refractivity contribution in [2.75, 3.05) is 6.54 Å². The minimum atomic E-state index is 0.440. The summed E-state index contributed by atoms with van der Waals surface area (Å²) in [6.45, 7) is 2.05. The molecule has 0 aliphatic heterocycles. The molecular weight excluding hydrogens is 204 g/mol. The molecule has 0 unspecified atom stereocenters. The quantitative estimate of drug-likeness (QED) is 0.781. The van der Waals surface area contributed by atoms with Gasteiger partial charge in [0.25, 0.3) is 0 Å². The van der Waals surface area contributed by atoms with Gasteiger partial charge in [0, 0.05) is 23.0 Å². The number of alkyl halides is 1. The molecule has 2 nitrogen and oxygen atoms in total. The van der Waals surface area contributed by atoms with Crippen molar-refractivity contribution in [3.05, 3.63) is 16.6 Å². The van der Waals surface area contributed by atoms with Gasteiger partial charge in [0.1, 0.15) is 0 Å². The molecule has 0 radical (unpaired) electrons. The van der Waals surface area contributed by atoms with Crippen molar-refractivity contribution in [3.8, 4) is 0 Å². The van der Waals surface area contributed by atoms with Crippen LogP contribution in [0.5, 0.6) is 0 Å². The molecule has 1 N–H and O–H groups in total. The predicted octanol–water partition coefficient (Wildman–Crippen LogP) is 2.25. The summed E-state index contributed by atoms with van der Waals surface area (Å²) in [5, 5.41) is 3.86. The average Bonchev–Trinajstić information content (AvgIpc) is 2.53. The Labute approximate surface area is 87.3 Å². The van der Waals surface area contributed by atoms with E-state index >= 15 is 0 Å². The molecule has 1 heterocycles. The van der Waals surface area contributed by atoms with E-state index in [0.717, 1.165) is 19.0 Å². The zero-order valence-corrected chi connectivity index (χ0v) is 8.94. The first-order chi connectivity index (χ1) is 6.34. The van der Waals surface area contributed by atoms with Gasteiger partial charge in [-0.15, -0.1) is 22.9 Å². The molecule has 1 aliphatic carbocycles. The van der Waals surface area contributed by atoms with Crippen LogP contribution in [0.1, 0.15) is 17.7 Å². The number of thiazole rings is 1. The first-order valence-corrected chi connectivity index (χ1v) is 5.88. The number of hydrogen-bond donors (Lipinski definition) is 1. The highest BCUT2D eigenvalue weighted by molar-refractivity contribution is 7.09. The van der Waals surface area contributed by atoms with Gasteiger partial charge in [-0.2, -0.15) is 0 Å². The van der Waals surface area contributed by atoms with Crippen LogP contribution in [0.4, 0.5) is 0 Å². The monoisotopic (exact) mass is 216 g/mol. The summed E-state index contributed by atoms with van der Waals surface area (Å²) in [4.78, 5) is 5.33. The molecule has 0 saturated heterocycles. The summed E-state index contributed by atoms with van der Waals surface area (Å²) in [6, 6.07) is 0. The van der Waals surface area contributed by atoms with E-state index in [9.17, 15) is 0 Å². The molecule has 72 valence electrons. The molecule has 1 aliphatic rings. The van der Waals surface area contributed by atoms with Gasteiger partial charge in [0.2, 0.25) is 0 Å². The minimum Gasteiger partial charge on any atom is -0.312 e. The molecular formula is C9H13ClN2S. The molecule has 0 amide bonds. The lowest BCUT2D eigenvalue weighted by atomic mass is 9.85. The third-order valence-electron chi connectivity index (χ3n) is 2.39. The molecule has 0 atom stereocenters. The lowest BCUT2D eigenvalue weighted by Crippen LogP contribution is -2.33. The molecule has 1 fully saturated rings. The van der Waals surface area contributed by atoms with Gasteiger partial charge in [-0.05, 0) is 25.3 Å². The second-order valence-corrected chi connectivity index (χ2v) is 5.12. The molecule has 2 rings (SSSR count). The molecule has 0 aromatic carbocycles. The number of aromatic nitrogens is 1. The maximum absolute atomic E-state index is 5.89. The van der Waals surface area contributed by atoms with Crippen molar-refractivity contribution in [3.63, 3.8) is 0 Å². The molecule has 1 saturated carbocycles. The maximum Gasteiger partial charge on any atom is 0.0794 e. The molecule has 0 bridgehead atoms. The van der Waals surface area contributed by atoms with E-state index in [1.165, 1.54) is 17.7 Å². The van der Waals surface area contributed by atoms with Gasteiger partial charge in [-0.1, -0.05) is 0 Å². The standard InChI is InChI=1S/C9H13ClN2S/c10-8-1-7(2-8)3-11-4-9-5-12-6-13-9/h5-8,11H,1-4H2. The highest BCUT2D eigenvalue weighted by Crippen LogP contribution is 2.31. The summed E-state index contributed by atoms with van der Waals surface area (Å²) in [5.74, 6) is 0.801. The molecule has 1 aromatic rings. The van der Waals surface area contributed by atoms with Crippen LogP contribution in [-0.2, 0) is 6.54 Å². The number of rotatable bonds is 4. The van der Waals surface area contributed by atoms with Crippen molar-refractivity contribution in [2.45, 2.75) is 24.8 Å². The zero-order valence-electron chi connectivity index (χ0n) is 7.37. The Bertz CT molecular complexity index is 244. The van der Waals surface area contributed by atoms with E-state index in [4.69, 9.17) is 11.6 Å². The van der Waals surface area contributed by atoms with E-state index in [1.54, 1.807) is 11.3 Å². The fourth-order valence-electron chi connectivity index (χ4n) is 1.55. The van der Waals surface area contributed by atoms with Crippen molar-refractivity contribution in [1.29, 1.82) is 0 Å². The molecule has 4 heteroatoms. The van der Waals surface area contributed by atoms with Crippen molar-refractivity contribution in [2.24, 2.45) is 5.92 Å². The van der Waals surface area contributed by atoms with E-state index in [0.29, 0.717) is 5.38 Å². The first-order valence-electron chi connectivity index (χ1n) is 4.57. The Balaban J connectivity index is 1.59. The van der Waals surface area contributed by atoms with Gasteiger partial charge < -0.3 is 5.32 Å². The normalized spacial score (nSPS) is 27.2. The van der Waals surface area contributed by atoms with Crippen LogP contribution in [0.2, 0.25) is 0 Å². The smallest absolute Gasteiger partial charge is 0.0794 e. The summed E-state index contributed by atoms with van der Waals surface area (Å²) in [6.07, 6.45) is 4.28. The summed E-state index contributed by atoms with van der Waals surface area (Å²) < 4.78 is 0. The Morgan fingerprint density at radius 1 is 1.62 bits per heavy atom. The van der Waals surface area contributed by atoms with Crippen LogP contribution in [0.3, 0.4) is 0 Å². The van der Waals surface area contributed by atoms with Gasteiger partial charge in [0.05, 0.1) is 5.51 Å². The number of halogens is 1. The highest BCUT2D eigenvalue weighted by atomic mass is 35.5. The summed E-state index contributed by atoms with van der Waals surface area (Å²) in [7, 11) is 0. The second kappa shape index (κ2) is 4.40. The fraction of sp³-hybridized carbons (Fsp3) is 0.667. The minimum absolute atomic E-state index is 0.440. The third-order valence-corrected chi connectivity index (χ3v) is 3.53. The van der Waals surface area contributed by atoms with E-state index in [2.05, 4.69) is 10.3 Å². The summed E-state index contributed by atoms with van der Waals surface area (Å²) >= 11 is 7.59. The molecule has 1 aromatic heterocycles. The lowest BCUT2D eigenvalue weighted by Gasteiger charge is -2.30. The van der Waals surface area contributed by atoms with E-state index in [-0.39, 0.29) is 0 Å². The topological polar surface area (TPSA) is 24.9 Å². The Hall–Kier alpha value is -0.120. The second-order valence-electron chi connectivity index (χ2n) is 3.53. The summed E-state index contributed by atoms with van der Waals surface area (Å²) in [5.41, 5.74) is 1.87. The Morgan fingerprint density at radius 3 is 3.08 bits per heavy atom. The van der Waals surface area contributed by atoms with Crippen molar-refractivity contribution in [1.82, 2.24) is 10.3 Å². The van der Waals surface area contributed by atoms with Crippen LogP contribution >= 0.6 is 22.9 Å². The lowest BCUT2D eigenvalue weighted by molar-refractivity contribution is 0.308. The zero-order chi connectivity index (χ0) is 9.10. The van der Waals surface area contributed by atoms with Crippen LogP contribution in [-0.4, -0.2) is 16.9 Å². The van der Waals surface area contributed by atoms with Crippen molar-refractivity contribution >= 4 is 22.9 Å². The third kappa shape index (κ3) is 2.66. The predicted molar refractivity (Wildman–Crippen MR) is 56.2 cm³/mol. The Morgan fingerprint density at radius 2 is 2.46 bits per heavy atom. The number of hydrogen-bond acceptors (Lipinski definition) is 3. The van der Waals surface area contributed by atoms with E-state index < -0.39 is 0 Å². The SMILES string of the molecule is ClC1CC(CNCc2cncs2)C1. The van der Waals surface area contributed by atoms with Crippen LogP contribution in [0.25, 0.3) is 0 Å². The fourth-order valence-corrected chi connectivity index (χ4v) is 2.62. The number of nitrogens with zero attached hydrogens (tertiary/aromatic N) is 1. The van der Waals surface area contributed by atoms with Crippen LogP contribution in [0.15, 0.2) is 11.7 Å². The van der Waals surface area contributed by atoms with Gasteiger partial charge >= 0.3 is 0 Å². The molecule has 0 spiro atoms. The average molecular weight is 217 g/mol. The van der Waals surface area contributed by atoms with E-state index in [1.807, 2.05) is 11.7 Å². The first kappa shape index (κ1) is 9.44.